The lowest BCUT2D eigenvalue weighted by atomic mass is 10.1. The molecule has 162 valence electrons. The van der Waals surface area contributed by atoms with Crippen molar-refractivity contribution >= 4 is 11.8 Å². The van der Waals surface area contributed by atoms with E-state index in [9.17, 15) is 9.59 Å². The van der Waals surface area contributed by atoms with E-state index in [0.717, 1.165) is 16.8 Å². The van der Waals surface area contributed by atoms with E-state index < -0.39 is 12.1 Å². The fourth-order valence-electron chi connectivity index (χ4n) is 3.01. The molecular weight excluding hydrogens is 398 g/mol. The van der Waals surface area contributed by atoms with Gasteiger partial charge in [0.2, 0.25) is 5.78 Å². The Morgan fingerprint density at radius 1 is 1.00 bits per heavy atom. The van der Waals surface area contributed by atoms with Crippen LogP contribution < -0.4 is 9.47 Å². The average Bonchev–Trinajstić information content (AvgIpc) is 3.09. The molecule has 0 saturated carbocycles. The molecule has 1 aromatic heterocycles. The molecule has 0 fully saturated rings. The lowest BCUT2D eigenvalue weighted by molar-refractivity contribution is 0.0318. The number of carbonyl (C=O) groups excluding carboxylic acids is 2. The van der Waals surface area contributed by atoms with Gasteiger partial charge in [-0.1, -0.05) is 35.0 Å². The average molecular weight is 423 g/mol. The van der Waals surface area contributed by atoms with Crippen molar-refractivity contribution in [3.8, 4) is 11.5 Å². The molecule has 3 rings (SSSR count). The Morgan fingerprint density at radius 3 is 2.29 bits per heavy atom. The SMILES string of the molecule is COc1cc(C(=O)O[C@@H](C)C(=O)c2ccc(C)cc2)ccc1OCc1c(C)noc1C. The monoisotopic (exact) mass is 423 g/mol. The van der Waals surface area contributed by atoms with Gasteiger partial charge in [0.15, 0.2) is 17.6 Å². The Kier molecular flexibility index (Phi) is 6.74. The van der Waals surface area contributed by atoms with Crippen molar-refractivity contribution in [3.63, 3.8) is 0 Å². The minimum absolute atomic E-state index is 0.253. The number of ether oxygens (including phenoxy) is 3. The predicted molar refractivity (Wildman–Crippen MR) is 114 cm³/mol. The number of nitrogens with zero attached hydrogens (tertiary/aromatic N) is 1. The molecule has 7 nitrogen and oxygen atoms in total. The molecule has 7 heteroatoms. The molecule has 0 unspecified atom stereocenters. The van der Waals surface area contributed by atoms with Crippen molar-refractivity contribution in [3.05, 3.63) is 76.2 Å². The highest BCUT2D eigenvalue weighted by atomic mass is 16.5. The summed E-state index contributed by atoms with van der Waals surface area (Å²) >= 11 is 0. The molecule has 1 heterocycles. The fraction of sp³-hybridized carbons (Fsp3) is 0.292. The quantitative estimate of drug-likeness (QED) is 0.386. The van der Waals surface area contributed by atoms with Gasteiger partial charge < -0.3 is 18.7 Å². The van der Waals surface area contributed by atoms with Crippen LogP contribution in [0, 0.1) is 20.8 Å². The third-order valence-electron chi connectivity index (χ3n) is 4.94. The Balaban J connectivity index is 1.68. The van der Waals surface area contributed by atoms with Crippen molar-refractivity contribution in [1.29, 1.82) is 0 Å². The third-order valence-corrected chi connectivity index (χ3v) is 4.94. The van der Waals surface area contributed by atoms with Crippen molar-refractivity contribution in [2.75, 3.05) is 7.11 Å². The first-order valence-corrected chi connectivity index (χ1v) is 9.84. The highest BCUT2D eigenvalue weighted by Gasteiger charge is 2.21. The first-order valence-electron chi connectivity index (χ1n) is 9.84. The number of esters is 1. The van der Waals surface area contributed by atoms with Crippen LogP contribution in [0.15, 0.2) is 47.0 Å². The highest BCUT2D eigenvalue weighted by molar-refractivity contribution is 6.01. The molecule has 0 aliphatic rings. The van der Waals surface area contributed by atoms with Crippen LogP contribution in [0.4, 0.5) is 0 Å². The molecule has 0 saturated heterocycles. The molecule has 3 aromatic rings. The molecular formula is C24H25NO6. The standard InChI is InChI=1S/C24H25NO6/c1-14-6-8-18(9-7-14)23(26)17(4)30-24(27)19-10-11-21(22(12-19)28-5)29-13-20-15(2)25-31-16(20)3/h6-12,17H,13H2,1-5H3/t17-/m0/s1. The van der Waals surface area contributed by atoms with Crippen molar-refractivity contribution < 1.29 is 28.3 Å². The summed E-state index contributed by atoms with van der Waals surface area (Å²) in [5.41, 5.74) is 3.40. The Morgan fingerprint density at radius 2 is 1.68 bits per heavy atom. The second-order valence-electron chi connectivity index (χ2n) is 7.23. The maximum absolute atomic E-state index is 12.6. The number of aromatic nitrogens is 1. The van der Waals surface area contributed by atoms with Crippen LogP contribution in [0.3, 0.4) is 0 Å². The second-order valence-corrected chi connectivity index (χ2v) is 7.23. The molecule has 2 aromatic carbocycles. The number of benzene rings is 2. The molecule has 31 heavy (non-hydrogen) atoms. The van der Waals surface area contributed by atoms with Gasteiger partial charge in [0.05, 0.1) is 23.9 Å². The van der Waals surface area contributed by atoms with Crippen LogP contribution in [0.25, 0.3) is 0 Å². The molecule has 0 amide bonds. The summed E-state index contributed by atoms with van der Waals surface area (Å²) in [6, 6.07) is 11.8. The van der Waals surface area contributed by atoms with Crippen LogP contribution in [0.1, 0.15) is 50.2 Å². The zero-order valence-electron chi connectivity index (χ0n) is 18.2. The van der Waals surface area contributed by atoms with Crippen LogP contribution in [-0.4, -0.2) is 30.1 Å². The van der Waals surface area contributed by atoms with Gasteiger partial charge in [-0.15, -0.1) is 0 Å². The Hall–Kier alpha value is -3.61. The highest BCUT2D eigenvalue weighted by Crippen LogP contribution is 2.30. The maximum Gasteiger partial charge on any atom is 0.338 e. The first-order chi connectivity index (χ1) is 14.8. The topological polar surface area (TPSA) is 87.9 Å². The number of carbonyl (C=O) groups is 2. The summed E-state index contributed by atoms with van der Waals surface area (Å²) in [6.45, 7) is 7.40. The molecule has 0 radical (unpaired) electrons. The normalized spacial score (nSPS) is 11.6. The van der Waals surface area contributed by atoms with Gasteiger partial charge in [-0.2, -0.15) is 0 Å². The van der Waals surface area contributed by atoms with Gasteiger partial charge in [-0.3, -0.25) is 4.79 Å². The van der Waals surface area contributed by atoms with Gasteiger partial charge in [-0.25, -0.2) is 4.79 Å². The number of rotatable bonds is 8. The molecule has 0 aliphatic carbocycles. The smallest absolute Gasteiger partial charge is 0.338 e. The Bertz CT molecular complexity index is 1060. The number of ketones is 1. The predicted octanol–water partition coefficient (Wildman–Crippen LogP) is 4.62. The second kappa shape index (κ2) is 9.47. The van der Waals surface area contributed by atoms with Crippen LogP contribution in [0.2, 0.25) is 0 Å². The van der Waals surface area contributed by atoms with Crippen molar-refractivity contribution in [1.82, 2.24) is 5.16 Å². The van der Waals surface area contributed by atoms with Crippen molar-refractivity contribution in [2.45, 2.75) is 40.4 Å². The summed E-state index contributed by atoms with van der Waals surface area (Å²) in [5, 5.41) is 3.90. The summed E-state index contributed by atoms with van der Waals surface area (Å²) < 4.78 is 21.7. The molecule has 0 aliphatic heterocycles. The zero-order valence-corrected chi connectivity index (χ0v) is 18.2. The van der Waals surface area contributed by atoms with E-state index in [1.807, 2.05) is 32.9 Å². The van der Waals surface area contributed by atoms with E-state index in [2.05, 4.69) is 5.16 Å². The van der Waals surface area contributed by atoms with E-state index in [1.165, 1.54) is 13.2 Å². The number of hydrogen-bond donors (Lipinski definition) is 0. The number of hydrogen-bond acceptors (Lipinski definition) is 7. The molecule has 0 spiro atoms. The number of Topliss-reactive ketones (excluding diaryl/α,β-unsaturated/α-hetero) is 1. The lowest BCUT2D eigenvalue weighted by Gasteiger charge is -2.14. The zero-order chi connectivity index (χ0) is 22.5. The van der Waals surface area contributed by atoms with E-state index in [4.69, 9.17) is 18.7 Å². The van der Waals surface area contributed by atoms with E-state index in [0.29, 0.717) is 22.8 Å². The third kappa shape index (κ3) is 5.12. The molecule has 0 N–H and O–H groups in total. The molecule has 0 bridgehead atoms. The van der Waals surface area contributed by atoms with E-state index in [-0.39, 0.29) is 18.0 Å². The van der Waals surface area contributed by atoms with E-state index in [1.54, 1.807) is 31.2 Å². The number of aryl methyl sites for hydroxylation is 3. The maximum atomic E-state index is 12.6. The largest absolute Gasteiger partial charge is 0.493 e. The van der Waals surface area contributed by atoms with Crippen LogP contribution in [0.5, 0.6) is 11.5 Å². The van der Waals surface area contributed by atoms with Gasteiger partial charge in [-0.05, 0) is 45.9 Å². The van der Waals surface area contributed by atoms with Gasteiger partial charge in [0.25, 0.3) is 0 Å². The van der Waals surface area contributed by atoms with Crippen molar-refractivity contribution in [2.24, 2.45) is 0 Å². The number of methoxy groups -OCH3 is 1. The summed E-state index contributed by atoms with van der Waals surface area (Å²) in [7, 11) is 1.48. The lowest BCUT2D eigenvalue weighted by Crippen LogP contribution is -2.24. The van der Waals surface area contributed by atoms with E-state index >= 15 is 0 Å². The van der Waals surface area contributed by atoms with Crippen LogP contribution in [-0.2, 0) is 11.3 Å². The first kappa shape index (κ1) is 22.1. The van der Waals surface area contributed by atoms with Gasteiger partial charge >= 0.3 is 5.97 Å². The summed E-state index contributed by atoms with van der Waals surface area (Å²) in [5.74, 6) is 0.633. The minimum Gasteiger partial charge on any atom is -0.493 e. The summed E-state index contributed by atoms with van der Waals surface area (Å²) in [4.78, 5) is 25.1. The minimum atomic E-state index is -0.920. The van der Waals surface area contributed by atoms with Gasteiger partial charge in [0, 0.05) is 5.56 Å². The van der Waals surface area contributed by atoms with Gasteiger partial charge in [0.1, 0.15) is 12.4 Å². The Labute approximate surface area is 180 Å². The fourth-order valence-corrected chi connectivity index (χ4v) is 3.01. The summed E-state index contributed by atoms with van der Waals surface area (Å²) in [6.07, 6.45) is -0.920. The van der Waals surface area contributed by atoms with Crippen LogP contribution >= 0.6 is 0 Å². The molecule has 1 atom stereocenters.